The molecule has 0 saturated heterocycles. The van der Waals surface area contributed by atoms with Crippen LogP contribution in [0.4, 0.5) is 0 Å². The van der Waals surface area contributed by atoms with Crippen LogP contribution in [0.2, 0.25) is 0 Å². The molecule has 64 valence electrons. The van der Waals surface area contributed by atoms with Crippen LogP contribution in [0.25, 0.3) is 0 Å². The lowest BCUT2D eigenvalue weighted by Crippen LogP contribution is -2.29. The quantitative estimate of drug-likeness (QED) is 0.630. The molecule has 10 heavy (non-hydrogen) atoms. The van der Waals surface area contributed by atoms with Crippen LogP contribution in [0, 0.1) is 0 Å². The fraction of sp³-hybridized carbons (Fsp3) is 1.00. The van der Waals surface area contributed by atoms with E-state index < -0.39 is 0 Å². The van der Waals surface area contributed by atoms with Gasteiger partial charge in [-0.05, 0) is 19.9 Å². The SMILES string of the molecule is CC.CCCNC(C)CO. The van der Waals surface area contributed by atoms with Crippen molar-refractivity contribution in [3.05, 3.63) is 0 Å². The number of nitrogens with one attached hydrogen (secondary N) is 1. The van der Waals surface area contributed by atoms with Gasteiger partial charge in [-0.1, -0.05) is 20.8 Å². The third-order valence-corrected chi connectivity index (χ3v) is 1.02. The summed E-state index contributed by atoms with van der Waals surface area (Å²) in [5.74, 6) is 0. The molecule has 0 heterocycles. The third kappa shape index (κ3) is 10.8. The summed E-state index contributed by atoms with van der Waals surface area (Å²) >= 11 is 0. The van der Waals surface area contributed by atoms with E-state index in [1.54, 1.807) is 0 Å². The molecule has 1 unspecified atom stereocenters. The van der Waals surface area contributed by atoms with Gasteiger partial charge in [0.2, 0.25) is 0 Å². The minimum Gasteiger partial charge on any atom is -0.395 e. The topological polar surface area (TPSA) is 32.3 Å². The summed E-state index contributed by atoms with van der Waals surface area (Å²) in [6.45, 7) is 9.31. The monoisotopic (exact) mass is 147 g/mol. The van der Waals surface area contributed by atoms with Gasteiger partial charge in [0, 0.05) is 6.04 Å². The molecule has 0 aliphatic heterocycles. The minimum atomic E-state index is 0.236. The summed E-state index contributed by atoms with van der Waals surface area (Å²) in [6, 6.07) is 0.259. The normalized spacial score (nSPS) is 11.7. The van der Waals surface area contributed by atoms with E-state index in [2.05, 4.69) is 12.2 Å². The molecule has 0 aliphatic carbocycles. The molecular formula is C8H21NO. The zero-order valence-corrected chi connectivity index (χ0v) is 7.65. The van der Waals surface area contributed by atoms with Crippen LogP contribution in [-0.4, -0.2) is 24.3 Å². The fourth-order valence-corrected chi connectivity index (χ4v) is 0.455. The van der Waals surface area contributed by atoms with Crippen molar-refractivity contribution in [2.75, 3.05) is 13.2 Å². The molecule has 0 aliphatic rings. The second-order valence-electron chi connectivity index (χ2n) is 2.04. The van der Waals surface area contributed by atoms with Gasteiger partial charge in [0.1, 0.15) is 0 Å². The van der Waals surface area contributed by atoms with Crippen molar-refractivity contribution in [1.29, 1.82) is 0 Å². The zero-order chi connectivity index (χ0) is 8.41. The van der Waals surface area contributed by atoms with Crippen molar-refractivity contribution >= 4 is 0 Å². The van der Waals surface area contributed by atoms with Crippen LogP contribution in [0.3, 0.4) is 0 Å². The van der Waals surface area contributed by atoms with E-state index in [9.17, 15) is 0 Å². The maximum atomic E-state index is 8.50. The Morgan fingerprint density at radius 2 is 1.90 bits per heavy atom. The Hall–Kier alpha value is -0.0800. The molecule has 0 rings (SSSR count). The van der Waals surface area contributed by atoms with Crippen molar-refractivity contribution in [3.8, 4) is 0 Å². The van der Waals surface area contributed by atoms with Gasteiger partial charge in [0.15, 0.2) is 0 Å². The first-order valence-electron chi connectivity index (χ1n) is 4.15. The molecule has 0 radical (unpaired) electrons. The Kier molecular flexibility index (Phi) is 14.7. The Morgan fingerprint density at radius 3 is 2.20 bits per heavy atom. The van der Waals surface area contributed by atoms with Gasteiger partial charge in [-0.3, -0.25) is 0 Å². The molecule has 0 aromatic rings. The molecule has 0 bridgehead atoms. The fourth-order valence-electron chi connectivity index (χ4n) is 0.455. The van der Waals surface area contributed by atoms with Crippen molar-refractivity contribution in [2.45, 2.75) is 40.2 Å². The predicted molar refractivity (Wildman–Crippen MR) is 46.2 cm³/mol. The van der Waals surface area contributed by atoms with E-state index >= 15 is 0 Å². The first-order chi connectivity index (χ1) is 4.81. The van der Waals surface area contributed by atoms with E-state index in [0.717, 1.165) is 13.0 Å². The molecule has 0 aromatic carbocycles. The smallest absolute Gasteiger partial charge is 0.0581 e. The number of hydrogen-bond acceptors (Lipinski definition) is 2. The highest BCUT2D eigenvalue weighted by Crippen LogP contribution is 1.77. The first kappa shape index (κ1) is 12.6. The van der Waals surface area contributed by atoms with Crippen LogP contribution >= 0.6 is 0 Å². The zero-order valence-electron chi connectivity index (χ0n) is 7.65. The molecular weight excluding hydrogens is 126 g/mol. The second kappa shape index (κ2) is 11.7. The van der Waals surface area contributed by atoms with Gasteiger partial charge in [0.25, 0.3) is 0 Å². The lowest BCUT2D eigenvalue weighted by molar-refractivity contribution is 0.252. The second-order valence-corrected chi connectivity index (χ2v) is 2.04. The van der Waals surface area contributed by atoms with Crippen molar-refractivity contribution < 1.29 is 5.11 Å². The Bertz CT molecular complexity index is 48.5. The third-order valence-electron chi connectivity index (χ3n) is 1.02. The number of hydrogen-bond donors (Lipinski definition) is 2. The molecule has 1 atom stereocenters. The summed E-state index contributed by atoms with van der Waals surface area (Å²) in [7, 11) is 0. The minimum absolute atomic E-state index is 0.236. The van der Waals surface area contributed by atoms with E-state index in [-0.39, 0.29) is 12.6 Å². The number of rotatable bonds is 4. The molecule has 2 nitrogen and oxygen atoms in total. The molecule has 2 heteroatoms. The maximum absolute atomic E-state index is 8.50. The van der Waals surface area contributed by atoms with Crippen molar-refractivity contribution in [2.24, 2.45) is 0 Å². The van der Waals surface area contributed by atoms with Crippen LogP contribution in [-0.2, 0) is 0 Å². The summed E-state index contributed by atoms with van der Waals surface area (Å²) < 4.78 is 0. The van der Waals surface area contributed by atoms with Gasteiger partial charge in [0.05, 0.1) is 6.61 Å². The number of aliphatic hydroxyl groups excluding tert-OH is 1. The average molecular weight is 147 g/mol. The van der Waals surface area contributed by atoms with Gasteiger partial charge in [-0.2, -0.15) is 0 Å². The highest BCUT2D eigenvalue weighted by molar-refractivity contribution is 4.55. The average Bonchev–Trinajstić information content (AvgIpc) is 2.04. The summed E-state index contributed by atoms with van der Waals surface area (Å²) in [5, 5.41) is 11.6. The summed E-state index contributed by atoms with van der Waals surface area (Å²) in [5.41, 5.74) is 0. The molecule has 0 saturated carbocycles. The first-order valence-corrected chi connectivity index (χ1v) is 4.15. The van der Waals surface area contributed by atoms with E-state index in [0.29, 0.717) is 0 Å². The molecule has 0 aromatic heterocycles. The van der Waals surface area contributed by atoms with Crippen molar-refractivity contribution in [3.63, 3.8) is 0 Å². The summed E-state index contributed by atoms with van der Waals surface area (Å²) in [4.78, 5) is 0. The standard InChI is InChI=1S/C6H15NO.C2H6/c1-3-4-7-6(2)5-8;1-2/h6-8H,3-5H2,1-2H3;1-2H3. The van der Waals surface area contributed by atoms with Gasteiger partial charge in [-0.15, -0.1) is 0 Å². The lowest BCUT2D eigenvalue weighted by atomic mass is 10.3. The van der Waals surface area contributed by atoms with Crippen molar-refractivity contribution in [1.82, 2.24) is 5.32 Å². The van der Waals surface area contributed by atoms with Gasteiger partial charge < -0.3 is 10.4 Å². The van der Waals surface area contributed by atoms with Crippen LogP contribution in [0.15, 0.2) is 0 Å². The van der Waals surface area contributed by atoms with E-state index in [4.69, 9.17) is 5.11 Å². The van der Waals surface area contributed by atoms with Crippen LogP contribution in [0.5, 0.6) is 0 Å². The molecule has 0 amide bonds. The Labute approximate surface area is 64.6 Å². The largest absolute Gasteiger partial charge is 0.395 e. The lowest BCUT2D eigenvalue weighted by Gasteiger charge is -2.07. The van der Waals surface area contributed by atoms with E-state index in [1.165, 1.54) is 0 Å². The predicted octanol–water partition coefficient (Wildman–Crippen LogP) is 1.39. The molecule has 2 N–H and O–H groups in total. The van der Waals surface area contributed by atoms with Gasteiger partial charge >= 0.3 is 0 Å². The molecule has 0 fully saturated rings. The number of aliphatic hydroxyl groups is 1. The Morgan fingerprint density at radius 1 is 1.40 bits per heavy atom. The van der Waals surface area contributed by atoms with Crippen LogP contribution < -0.4 is 5.32 Å². The Balaban J connectivity index is 0. The van der Waals surface area contributed by atoms with Crippen LogP contribution in [0.1, 0.15) is 34.1 Å². The molecule has 0 spiro atoms. The van der Waals surface area contributed by atoms with E-state index in [1.807, 2.05) is 20.8 Å². The maximum Gasteiger partial charge on any atom is 0.0581 e. The highest BCUT2D eigenvalue weighted by atomic mass is 16.3. The summed E-state index contributed by atoms with van der Waals surface area (Å²) in [6.07, 6.45) is 1.13. The van der Waals surface area contributed by atoms with Gasteiger partial charge in [-0.25, -0.2) is 0 Å². The highest BCUT2D eigenvalue weighted by Gasteiger charge is 1.93.